The van der Waals surface area contributed by atoms with Crippen LogP contribution in [0.25, 0.3) is 11.1 Å². The van der Waals surface area contributed by atoms with Gasteiger partial charge in [0.1, 0.15) is 6.07 Å². The Hall–Kier alpha value is -2.31. The van der Waals surface area contributed by atoms with E-state index < -0.39 is 0 Å². The number of anilines is 1. The molecule has 0 aromatic heterocycles. The van der Waals surface area contributed by atoms with Crippen LogP contribution in [0, 0.1) is 11.3 Å². The molecule has 0 radical (unpaired) electrons. The van der Waals surface area contributed by atoms with Gasteiger partial charge in [0.2, 0.25) is 0 Å². The molecular formula is C22H25N3. The van der Waals surface area contributed by atoms with Crippen molar-refractivity contribution in [1.82, 2.24) is 4.90 Å². The quantitative estimate of drug-likeness (QED) is 0.840. The summed E-state index contributed by atoms with van der Waals surface area (Å²) in [4.78, 5) is 5.08. The second kappa shape index (κ2) is 7.29. The predicted octanol–water partition coefficient (Wildman–Crippen LogP) is 4.29. The molecule has 0 aliphatic carbocycles. The van der Waals surface area contributed by atoms with Gasteiger partial charge in [0, 0.05) is 24.7 Å². The molecule has 2 aliphatic heterocycles. The lowest BCUT2D eigenvalue weighted by molar-refractivity contribution is 0.208. The Kier molecular flexibility index (Phi) is 4.72. The van der Waals surface area contributed by atoms with Crippen LogP contribution in [-0.2, 0) is 0 Å². The normalized spacial score (nSPS) is 19.1. The van der Waals surface area contributed by atoms with Gasteiger partial charge in [-0.1, -0.05) is 42.5 Å². The molecule has 0 N–H and O–H groups in total. The van der Waals surface area contributed by atoms with Crippen LogP contribution in [0.1, 0.15) is 31.2 Å². The third-order valence-electron chi connectivity index (χ3n) is 5.70. The lowest BCUT2D eigenvalue weighted by atomic mass is 9.96. The van der Waals surface area contributed by atoms with Crippen LogP contribution in [0.15, 0.2) is 48.5 Å². The number of hydrogen-bond donors (Lipinski definition) is 0. The van der Waals surface area contributed by atoms with E-state index in [9.17, 15) is 5.26 Å². The summed E-state index contributed by atoms with van der Waals surface area (Å²) in [6, 6.07) is 19.7. The van der Waals surface area contributed by atoms with Gasteiger partial charge in [0.25, 0.3) is 0 Å². The number of benzene rings is 2. The topological polar surface area (TPSA) is 30.3 Å². The molecule has 2 aromatic carbocycles. The van der Waals surface area contributed by atoms with Gasteiger partial charge < -0.3 is 9.80 Å². The van der Waals surface area contributed by atoms with E-state index in [1.54, 1.807) is 0 Å². The zero-order valence-corrected chi connectivity index (χ0v) is 14.7. The first-order valence-electron chi connectivity index (χ1n) is 9.44. The molecule has 2 fully saturated rings. The summed E-state index contributed by atoms with van der Waals surface area (Å²) < 4.78 is 0. The molecule has 128 valence electrons. The van der Waals surface area contributed by atoms with Crippen molar-refractivity contribution in [1.29, 1.82) is 5.26 Å². The van der Waals surface area contributed by atoms with E-state index in [0.717, 1.165) is 41.5 Å². The van der Waals surface area contributed by atoms with Gasteiger partial charge in [-0.05, 0) is 50.4 Å². The van der Waals surface area contributed by atoms with E-state index in [0.29, 0.717) is 0 Å². The molecule has 4 rings (SSSR count). The molecule has 3 nitrogen and oxygen atoms in total. The molecule has 0 unspecified atom stereocenters. The Morgan fingerprint density at radius 1 is 0.840 bits per heavy atom. The summed E-state index contributed by atoms with van der Waals surface area (Å²) in [7, 11) is 0. The molecule has 2 aliphatic rings. The highest BCUT2D eigenvalue weighted by atomic mass is 15.2. The minimum absolute atomic E-state index is 0.738. The van der Waals surface area contributed by atoms with Gasteiger partial charge in [-0.3, -0.25) is 0 Å². The van der Waals surface area contributed by atoms with Crippen LogP contribution in [-0.4, -0.2) is 37.1 Å². The van der Waals surface area contributed by atoms with Crippen LogP contribution in [0.3, 0.4) is 0 Å². The van der Waals surface area contributed by atoms with E-state index in [4.69, 9.17) is 0 Å². The molecule has 0 bridgehead atoms. The van der Waals surface area contributed by atoms with E-state index in [1.807, 2.05) is 18.2 Å². The van der Waals surface area contributed by atoms with Crippen molar-refractivity contribution in [3.8, 4) is 17.2 Å². The Balaban J connectivity index is 1.56. The van der Waals surface area contributed by atoms with Crippen molar-refractivity contribution in [2.75, 3.05) is 31.1 Å². The molecule has 3 heteroatoms. The maximum Gasteiger partial charge on any atom is 0.102 e. The molecule has 0 saturated carbocycles. The fourth-order valence-electron chi connectivity index (χ4n) is 4.36. The number of piperidine rings is 1. The van der Waals surface area contributed by atoms with E-state index in [-0.39, 0.29) is 0 Å². The highest BCUT2D eigenvalue weighted by Gasteiger charge is 2.27. The third-order valence-corrected chi connectivity index (χ3v) is 5.70. The first kappa shape index (κ1) is 16.2. The van der Waals surface area contributed by atoms with Crippen molar-refractivity contribution < 1.29 is 0 Å². The van der Waals surface area contributed by atoms with Crippen molar-refractivity contribution in [3.05, 3.63) is 54.1 Å². The van der Waals surface area contributed by atoms with Crippen LogP contribution >= 0.6 is 0 Å². The Labute approximate surface area is 150 Å². The second-order valence-electron chi connectivity index (χ2n) is 7.14. The van der Waals surface area contributed by atoms with Crippen molar-refractivity contribution in [2.45, 2.75) is 31.7 Å². The molecule has 0 amide bonds. The maximum absolute atomic E-state index is 9.83. The zero-order valence-electron chi connectivity index (χ0n) is 14.7. The minimum atomic E-state index is 0.738. The lowest BCUT2D eigenvalue weighted by Crippen LogP contribution is -2.44. The monoisotopic (exact) mass is 331 g/mol. The molecule has 0 atom stereocenters. The Morgan fingerprint density at radius 2 is 1.56 bits per heavy atom. The first-order chi connectivity index (χ1) is 12.4. The second-order valence-corrected chi connectivity index (χ2v) is 7.14. The molecular weight excluding hydrogens is 306 g/mol. The van der Waals surface area contributed by atoms with E-state index in [1.165, 1.54) is 38.8 Å². The molecule has 2 saturated heterocycles. The van der Waals surface area contributed by atoms with Crippen LogP contribution in [0.4, 0.5) is 5.69 Å². The highest BCUT2D eigenvalue weighted by molar-refractivity contribution is 5.78. The SMILES string of the molecule is N#Cc1c(-c2ccccc2)cccc1N1CCC(N2CCCC2)CC1. The average molecular weight is 331 g/mol. The number of nitriles is 1. The summed E-state index contributed by atoms with van der Waals surface area (Å²) in [6.07, 6.45) is 5.14. The average Bonchev–Trinajstić information content (AvgIpc) is 3.23. The van der Waals surface area contributed by atoms with Crippen LogP contribution in [0.2, 0.25) is 0 Å². The number of rotatable bonds is 3. The minimum Gasteiger partial charge on any atom is -0.370 e. The maximum atomic E-state index is 9.83. The lowest BCUT2D eigenvalue weighted by Gasteiger charge is -2.38. The van der Waals surface area contributed by atoms with Crippen molar-refractivity contribution in [2.24, 2.45) is 0 Å². The largest absolute Gasteiger partial charge is 0.370 e. The summed E-state index contributed by atoms with van der Waals surface area (Å²) in [6.45, 7) is 4.65. The van der Waals surface area contributed by atoms with E-state index >= 15 is 0 Å². The summed E-state index contributed by atoms with van der Waals surface area (Å²) >= 11 is 0. The highest BCUT2D eigenvalue weighted by Crippen LogP contribution is 2.33. The van der Waals surface area contributed by atoms with Gasteiger partial charge >= 0.3 is 0 Å². The van der Waals surface area contributed by atoms with Gasteiger partial charge in [-0.25, -0.2) is 0 Å². The van der Waals surface area contributed by atoms with Gasteiger partial charge in [0.05, 0.1) is 11.3 Å². The fourth-order valence-corrected chi connectivity index (χ4v) is 4.36. The Morgan fingerprint density at radius 3 is 2.24 bits per heavy atom. The van der Waals surface area contributed by atoms with Gasteiger partial charge in [0.15, 0.2) is 0 Å². The van der Waals surface area contributed by atoms with E-state index in [2.05, 4.69) is 46.2 Å². The number of likely N-dealkylation sites (tertiary alicyclic amines) is 1. The van der Waals surface area contributed by atoms with Crippen molar-refractivity contribution >= 4 is 5.69 Å². The third kappa shape index (κ3) is 3.27. The number of nitrogens with zero attached hydrogens (tertiary/aromatic N) is 3. The Bertz CT molecular complexity index is 749. The first-order valence-corrected chi connectivity index (χ1v) is 9.44. The predicted molar refractivity (Wildman–Crippen MR) is 103 cm³/mol. The van der Waals surface area contributed by atoms with Crippen LogP contribution in [0.5, 0.6) is 0 Å². The molecule has 25 heavy (non-hydrogen) atoms. The molecule has 2 aromatic rings. The van der Waals surface area contributed by atoms with Crippen molar-refractivity contribution in [3.63, 3.8) is 0 Å². The van der Waals surface area contributed by atoms with Gasteiger partial charge in [-0.15, -0.1) is 0 Å². The standard InChI is InChI=1S/C22H25N3/c23-17-21-20(18-7-2-1-3-8-18)9-6-10-22(21)25-15-11-19(12-16-25)24-13-4-5-14-24/h1-3,6-10,19H,4-5,11-16H2. The summed E-state index contributed by atoms with van der Waals surface area (Å²) in [5.41, 5.74) is 4.08. The zero-order chi connectivity index (χ0) is 17.1. The fraction of sp³-hybridized carbons (Fsp3) is 0.409. The van der Waals surface area contributed by atoms with Crippen LogP contribution < -0.4 is 4.90 Å². The number of hydrogen-bond acceptors (Lipinski definition) is 3. The summed E-state index contributed by atoms with van der Waals surface area (Å²) in [5.74, 6) is 0. The smallest absolute Gasteiger partial charge is 0.102 e. The summed E-state index contributed by atoms with van der Waals surface area (Å²) in [5, 5.41) is 9.83. The van der Waals surface area contributed by atoms with Gasteiger partial charge in [-0.2, -0.15) is 5.26 Å². The molecule has 2 heterocycles. The molecule has 0 spiro atoms.